The fourth-order valence-electron chi connectivity index (χ4n) is 0.643. The summed E-state index contributed by atoms with van der Waals surface area (Å²) in [5.74, 6) is 1.80. The zero-order valence-electron chi connectivity index (χ0n) is 8.44. The highest BCUT2D eigenvalue weighted by Gasteiger charge is 2.06. The van der Waals surface area contributed by atoms with Crippen molar-refractivity contribution < 1.29 is 9.90 Å². The minimum Gasteiger partial charge on any atom is -0.545 e. The normalized spacial score (nSPS) is 10.1. The van der Waals surface area contributed by atoms with E-state index in [-0.39, 0.29) is 5.57 Å². The van der Waals surface area contributed by atoms with Crippen LogP contribution in [0.1, 0.15) is 12.8 Å². The Bertz CT molecular complexity index is 263. The summed E-state index contributed by atoms with van der Waals surface area (Å²) < 4.78 is 0. The molecule has 0 aliphatic heterocycles. The fraction of sp³-hybridized carbons (Fsp3) is 0.500. The molecule has 0 fully saturated rings. The van der Waals surface area contributed by atoms with Crippen molar-refractivity contribution in [2.45, 2.75) is 32.5 Å². The van der Waals surface area contributed by atoms with Crippen LogP contribution in [-0.4, -0.2) is 14.0 Å². The largest absolute Gasteiger partial charge is 0.545 e. The van der Waals surface area contributed by atoms with Gasteiger partial charge >= 0.3 is 0 Å². The van der Waals surface area contributed by atoms with Crippen molar-refractivity contribution in [2.75, 3.05) is 0 Å². The highest BCUT2D eigenvalue weighted by molar-refractivity contribution is 6.83. The zero-order valence-corrected chi connectivity index (χ0v) is 9.44. The van der Waals surface area contributed by atoms with Crippen molar-refractivity contribution in [3.05, 3.63) is 12.2 Å². The molecule has 72 valence electrons. The Morgan fingerprint density at radius 2 is 2.00 bits per heavy atom. The Morgan fingerprint density at radius 3 is 2.38 bits per heavy atom. The lowest BCUT2D eigenvalue weighted by atomic mass is 10.2. The van der Waals surface area contributed by atoms with E-state index < -0.39 is 14.0 Å². The van der Waals surface area contributed by atoms with Gasteiger partial charge in [0.1, 0.15) is 8.07 Å². The zero-order chi connectivity index (χ0) is 10.5. The molecule has 13 heavy (non-hydrogen) atoms. The topological polar surface area (TPSA) is 40.1 Å². The summed E-state index contributed by atoms with van der Waals surface area (Å²) in [6.45, 7) is 9.81. The van der Waals surface area contributed by atoms with Gasteiger partial charge in [0.25, 0.3) is 0 Å². The molecule has 0 saturated heterocycles. The lowest BCUT2D eigenvalue weighted by molar-refractivity contribution is -0.299. The van der Waals surface area contributed by atoms with Crippen LogP contribution in [0.3, 0.4) is 0 Å². The van der Waals surface area contributed by atoms with Gasteiger partial charge in [0, 0.05) is 6.42 Å². The average molecular weight is 195 g/mol. The first kappa shape index (κ1) is 12.0. The molecule has 0 aliphatic carbocycles. The number of carbonyl (C=O) groups excluding carboxylic acids is 1. The third kappa shape index (κ3) is 7.35. The summed E-state index contributed by atoms with van der Waals surface area (Å²) in [5, 5.41) is 10.2. The Hall–Kier alpha value is -1.01. The van der Waals surface area contributed by atoms with Gasteiger partial charge in [-0.3, -0.25) is 0 Å². The molecule has 0 N–H and O–H groups in total. The summed E-state index contributed by atoms with van der Waals surface area (Å²) in [6.07, 6.45) is 0.969. The second-order valence-electron chi connectivity index (χ2n) is 3.94. The lowest BCUT2D eigenvalue weighted by Crippen LogP contribution is -2.23. The van der Waals surface area contributed by atoms with Crippen LogP contribution in [0.5, 0.6) is 0 Å². The first-order chi connectivity index (χ1) is 5.83. The van der Waals surface area contributed by atoms with Crippen molar-refractivity contribution in [3.8, 4) is 11.5 Å². The molecule has 2 nitrogen and oxygen atoms in total. The van der Waals surface area contributed by atoms with Crippen molar-refractivity contribution >= 4 is 14.0 Å². The maximum atomic E-state index is 10.2. The van der Waals surface area contributed by atoms with Gasteiger partial charge < -0.3 is 9.90 Å². The maximum absolute atomic E-state index is 10.2. The van der Waals surface area contributed by atoms with Gasteiger partial charge in [-0.1, -0.05) is 26.2 Å². The molecule has 0 bridgehead atoms. The van der Waals surface area contributed by atoms with Crippen molar-refractivity contribution in [1.29, 1.82) is 0 Å². The Labute approximate surface area is 80.7 Å². The molecule has 0 aromatic rings. The van der Waals surface area contributed by atoms with Crippen molar-refractivity contribution in [1.82, 2.24) is 0 Å². The molecule has 0 unspecified atom stereocenters. The van der Waals surface area contributed by atoms with Gasteiger partial charge in [0.05, 0.1) is 5.97 Å². The van der Waals surface area contributed by atoms with Crippen LogP contribution in [-0.2, 0) is 4.79 Å². The van der Waals surface area contributed by atoms with E-state index in [1.54, 1.807) is 0 Å². The van der Waals surface area contributed by atoms with Gasteiger partial charge in [-0.25, -0.2) is 0 Å². The number of hydrogen-bond donors (Lipinski definition) is 0. The fourth-order valence-corrected chi connectivity index (χ4v) is 1.30. The van der Waals surface area contributed by atoms with E-state index >= 15 is 0 Å². The van der Waals surface area contributed by atoms with Crippen molar-refractivity contribution in [3.63, 3.8) is 0 Å². The molecular formula is C10H15O2Si-. The SMILES string of the molecule is C=C(CCC#C[Si](C)(C)C)C(=O)[O-]. The van der Waals surface area contributed by atoms with Crippen molar-refractivity contribution in [2.24, 2.45) is 0 Å². The van der Waals surface area contributed by atoms with Crippen LogP contribution in [0.15, 0.2) is 12.2 Å². The highest BCUT2D eigenvalue weighted by Crippen LogP contribution is 2.01. The summed E-state index contributed by atoms with van der Waals surface area (Å²) in [4.78, 5) is 10.2. The second kappa shape index (κ2) is 4.88. The average Bonchev–Trinajstić information content (AvgIpc) is 1.95. The molecule has 0 radical (unpaired) electrons. The highest BCUT2D eigenvalue weighted by atomic mass is 28.3. The van der Waals surface area contributed by atoms with Crippen LogP contribution < -0.4 is 5.11 Å². The monoisotopic (exact) mass is 195 g/mol. The molecule has 0 aromatic carbocycles. The molecule has 0 aliphatic rings. The molecule has 0 rings (SSSR count). The van der Waals surface area contributed by atoms with E-state index in [4.69, 9.17) is 0 Å². The molecule has 3 heteroatoms. The number of hydrogen-bond acceptors (Lipinski definition) is 2. The van der Waals surface area contributed by atoms with E-state index in [2.05, 4.69) is 37.7 Å². The predicted octanol–water partition coefficient (Wildman–Crippen LogP) is 0.954. The quantitative estimate of drug-likeness (QED) is 0.382. The summed E-state index contributed by atoms with van der Waals surface area (Å²) >= 11 is 0. The van der Waals surface area contributed by atoms with E-state index in [9.17, 15) is 9.90 Å². The summed E-state index contributed by atoms with van der Waals surface area (Å²) in [7, 11) is -1.31. The Morgan fingerprint density at radius 1 is 1.46 bits per heavy atom. The maximum Gasteiger partial charge on any atom is 0.129 e. The first-order valence-corrected chi connectivity index (χ1v) is 7.72. The molecule has 0 heterocycles. The standard InChI is InChI=1S/C10H16O2Si/c1-9(10(11)12)7-5-6-8-13(2,3)4/h1,5,7H2,2-4H3,(H,11,12)/p-1. The van der Waals surface area contributed by atoms with Gasteiger partial charge in [-0.15, -0.1) is 11.5 Å². The van der Waals surface area contributed by atoms with Crippen LogP contribution >= 0.6 is 0 Å². The van der Waals surface area contributed by atoms with E-state index in [1.165, 1.54) is 0 Å². The third-order valence-corrected chi connectivity index (χ3v) is 2.23. The molecule has 0 amide bonds. The Balaban J connectivity index is 3.85. The van der Waals surface area contributed by atoms with E-state index in [0.717, 1.165) is 0 Å². The molecule has 0 spiro atoms. The Kier molecular flexibility index (Phi) is 4.50. The van der Waals surface area contributed by atoms with E-state index in [1.807, 2.05) is 0 Å². The minimum absolute atomic E-state index is 0.130. The lowest BCUT2D eigenvalue weighted by Gasteiger charge is -2.04. The van der Waals surface area contributed by atoms with Crippen LogP contribution in [0.25, 0.3) is 0 Å². The third-order valence-electron chi connectivity index (χ3n) is 1.30. The minimum atomic E-state index is -1.31. The second-order valence-corrected chi connectivity index (χ2v) is 8.69. The predicted molar refractivity (Wildman–Crippen MR) is 54.5 cm³/mol. The number of carboxylic acids is 1. The van der Waals surface area contributed by atoms with Gasteiger partial charge in [-0.05, 0) is 12.0 Å². The molecular weight excluding hydrogens is 180 g/mol. The first-order valence-electron chi connectivity index (χ1n) is 4.22. The van der Waals surface area contributed by atoms with Gasteiger partial charge in [0.15, 0.2) is 0 Å². The molecule has 0 aromatic heterocycles. The summed E-state index contributed by atoms with van der Waals surface area (Å²) in [5.41, 5.74) is 3.28. The van der Waals surface area contributed by atoms with Crippen LogP contribution in [0, 0.1) is 11.5 Å². The van der Waals surface area contributed by atoms with Crippen LogP contribution in [0.2, 0.25) is 19.6 Å². The number of aliphatic carboxylic acids is 1. The van der Waals surface area contributed by atoms with E-state index in [0.29, 0.717) is 12.8 Å². The van der Waals surface area contributed by atoms with Gasteiger partial charge in [-0.2, -0.15) is 0 Å². The number of carboxylic acid groups (broad SMARTS) is 1. The molecule has 0 saturated carbocycles. The number of rotatable bonds is 3. The van der Waals surface area contributed by atoms with Gasteiger partial charge in [0.2, 0.25) is 0 Å². The molecule has 0 atom stereocenters. The number of carbonyl (C=O) groups is 1. The smallest absolute Gasteiger partial charge is 0.129 e. The van der Waals surface area contributed by atoms with Crippen LogP contribution in [0.4, 0.5) is 0 Å². The summed E-state index contributed by atoms with van der Waals surface area (Å²) in [6, 6.07) is 0.